The number of likely N-dealkylation sites (N-methyl/N-ethyl adjacent to an activating group) is 1. The summed E-state index contributed by atoms with van der Waals surface area (Å²) in [4.78, 5) is 23.8. The van der Waals surface area contributed by atoms with Crippen LogP contribution in [0.2, 0.25) is 5.02 Å². The molecule has 6 heteroatoms. The monoisotopic (exact) mass is 313 g/mol. The molecule has 5 nitrogen and oxygen atoms in total. The predicted octanol–water partition coefficient (Wildman–Crippen LogP) is 3.40. The number of carbonyl (C=O) groups is 2. The van der Waals surface area contributed by atoms with Crippen LogP contribution in [0.1, 0.15) is 31.1 Å². The van der Waals surface area contributed by atoms with Crippen molar-refractivity contribution in [1.29, 1.82) is 0 Å². The molecule has 1 aromatic carbocycles. The molecule has 0 radical (unpaired) electrons. The summed E-state index contributed by atoms with van der Waals surface area (Å²) in [6.45, 7) is 6.11. The van der Waals surface area contributed by atoms with Crippen LogP contribution in [0.5, 0.6) is 5.75 Å². The minimum Gasteiger partial charge on any atom is -0.492 e. The van der Waals surface area contributed by atoms with Crippen molar-refractivity contribution in [3.63, 3.8) is 0 Å². The Bertz CT molecular complexity index is 511. The first-order valence-corrected chi connectivity index (χ1v) is 6.92. The number of amides is 1. The number of hydrogen-bond donors (Lipinski definition) is 0. The van der Waals surface area contributed by atoms with E-state index in [9.17, 15) is 9.59 Å². The minimum atomic E-state index is -0.523. The molecule has 0 saturated heterocycles. The predicted molar refractivity (Wildman–Crippen MR) is 81.2 cm³/mol. The Morgan fingerprint density at radius 1 is 1.38 bits per heavy atom. The maximum Gasteiger partial charge on any atom is 0.410 e. The van der Waals surface area contributed by atoms with Gasteiger partial charge in [-0.25, -0.2) is 4.79 Å². The van der Waals surface area contributed by atoms with Crippen molar-refractivity contribution < 1.29 is 19.1 Å². The third kappa shape index (κ3) is 6.04. The molecule has 0 aliphatic heterocycles. The van der Waals surface area contributed by atoms with Crippen molar-refractivity contribution in [2.75, 3.05) is 20.2 Å². The molecule has 21 heavy (non-hydrogen) atoms. The largest absolute Gasteiger partial charge is 0.492 e. The number of aldehydes is 1. The van der Waals surface area contributed by atoms with Crippen LogP contribution < -0.4 is 4.74 Å². The average Bonchev–Trinajstić information content (AvgIpc) is 2.36. The molecular weight excluding hydrogens is 294 g/mol. The fraction of sp³-hybridized carbons (Fsp3) is 0.467. The number of ether oxygens (including phenoxy) is 2. The van der Waals surface area contributed by atoms with Crippen molar-refractivity contribution in [3.8, 4) is 5.75 Å². The lowest BCUT2D eigenvalue weighted by molar-refractivity contribution is 0.0278. The summed E-state index contributed by atoms with van der Waals surface area (Å²) in [6.07, 6.45) is 0.281. The highest BCUT2D eigenvalue weighted by Crippen LogP contribution is 2.21. The molecule has 1 rings (SSSR count). The molecule has 0 N–H and O–H groups in total. The van der Waals surface area contributed by atoms with E-state index in [2.05, 4.69) is 0 Å². The van der Waals surface area contributed by atoms with Gasteiger partial charge in [0.05, 0.1) is 11.6 Å². The topological polar surface area (TPSA) is 55.8 Å². The van der Waals surface area contributed by atoms with Gasteiger partial charge in [0.1, 0.15) is 18.0 Å². The summed E-state index contributed by atoms with van der Waals surface area (Å²) in [7, 11) is 1.64. The van der Waals surface area contributed by atoms with Crippen molar-refractivity contribution in [3.05, 3.63) is 28.8 Å². The molecular formula is C15H20ClNO4. The van der Waals surface area contributed by atoms with E-state index in [4.69, 9.17) is 21.1 Å². The zero-order valence-corrected chi connectivity index (χ0v) is 13.4. The second kappa shape index (κ2) is 7.31. The van der Waals surface area contributed by atoms with Gasteiger partial charge in [0.25, 0.3) is 0 Å². The Kier molecular flexibility index (Phi) is 6.03. The highest BCUT2D eigenvalue weighted by molar-refractivity contribution is 6.33. The van der Waals surface area contributed by atoms with Crippen molar-refractivity contribution in [1.82, 2.24) is 4.90 Å². The van der Waals surface area contributed by atoms with Gasteiger partial charge < -0.3 is 14.4 Å². The highest BCUT2D eigenvalue weighted by atomic mass is 35.5. The van der Waals surface area contributed by atoms with E-state index in [1.807, 2.05) is 20.8 Å². The maximum absolute atomic E-state index is 11.7. The van der Waals surface area contributed by atoms with Gasteiger partial charge >= 0.3 is 6.09 Å². The number of carbonyl (C=O) groups excluding carboxylic acids is 2. The first-order chi connectivity index (χ1) is 9.73. The van der Waals surface area contributed by atoms with Gasteiger partial charge in [0.15, 0.2) is 6.29 Å². The SMILES string of the molecule is CN(CCOc1ccc(C=O)c(Cl)c1)C(=O)OC(C)(C)C. The Balaban J connectivity index is 2.44. The smallest absolute Gasteiger partial charge is 0.410 e. The van der Waals surface area contributed by atoms with Crippen LogP contribution in [0.25, 0.3) is 0 Å². The standard InChI is InChI=1S/C15H20ClNO4/c1-15(2,3)21-14(19)17(4)7-8-20-12-6-5-11(10-18)13(16)9-12/h5-6,9-10H,7-8H2,1-4H3. The average molecular weight is 314 g/mol. The van der Waals surface area contributed by atoms with Crippen molar-refractivity contribution >= 4 is 24.0 Å². The molecule has 0 aromatic heterocycles. The Labute approximate surface area is 129 Å². The highest BCUT2D eigenvalue weighted by Gasteiger charge is 2.19. The normalized spacial score (nSPS) is 10.9. The van der Waals surface area contributed by atoms with Gasteiger partial charge in [-0.1, -0.05) is 11.6 Å². The molecule has 0 heterocycles. The third-order valence-corrected chi connectivity index (χ3v) is 2.83. The van der Waals surface area contributed by atoms with Crippen molar-refractivity contribution in [2.24, 2.45) is 0 Å². The number of benzene rings is 1. The molecule has 116 valence electrons. The molecule has 0 unspecified atom stereocenters. The number of halogens is 1. The fourth-order valence-electron chi connectivity index (χ4n) is 1.42. The van der Waals surface area contributed by atoms with E-state index in [1.165, 1.54) is 4.90 Å². The molecule has 0 spiro atoms. The molecule has 0 atom stereocenters. The Morgan fingerprint density at radius 2 is 2.05 bits per heavy atom. The van der Waals surface area contributed by atoms with Gasteiger partial charge in [0.2, 0.25) is 0 Å². The van der Waals surface area contributed by atoms with Crippen LogP contribution >= 0.6 is 11.6 Å². The van der Waals surface area contributed by atoms with E-state index < -0.39 is 11.7 Å². The Morgan fingerprint density at radius 3 is 2.57 bits per heavy atom. The Hall–Kier alpha value is -1.75. The van der Waals surface area contributed by atoms with Crippen LogP contribution in [-0.4, -0.2) is 43.1 Å². The van der Waals surface area contributed by atoms with Crippen molar-refractivity contribution in [2.45, 2.75) is 26.4 Å². The minimum absolute atomic E-state index is 0.298. The zero-order chi connectivity index (χ0) is 16.0. The molecule has 1 aromatic rings. The lowest BCUT2D eigenvalue weighted by Crippen LogP contribution is -2.36. The van der Waals surface area contributed by atoms with Gasteiger partial charge in [-0.3, -0.25) is 4.79 Å². The quantitative estimate of drug-likeness (QED) is 0.782. The van der Waals surface area contributed by atoms with Gasteiger partial charge in [-0.15, -0.1) is 0 Å². The fourth-order valence-corrected chi connectivity index (χ4v) is 1.64. The maximum atomic E-state index is 11.7. The molecule has 0 saturated carbocycles. The van der Waals surface area contributed by atoms with Crippen LogP contribution in [0.15, 0.2) is 18.2 Å². The van der Waals surface area contributed by atoms with E-state index in [0.717, 1.165) is 0 Å². The van der Waals surface area contributed by atoms with Gasteiger partial charge in [0, 0.05) is 12.6 Å². The molecule has 0 fully saturated rings. The number of nitrogens with zero attached hydrogens (tertiary/aromatic N) is 1. The number of hydrogen-bond acceptors (Lipinski definition) is 4. The molecule has 0 aliphatic carbocycles. The summed E-state index contributed by atoms with van der Waals surface area (Å²) in [5.74, 6) is 0.545. The summed E-state index contributed by atoms with van der Waals surface area (Å²) >= 11 is 5.90. The lowest BCUT2D eigenvalue weighted by Gasteiger charge is -2.24. The molecule has 0 bridgehead atoms. The summed E-state index contributed by atoms with van der Waals surface area (Å²) in [5.41, 5.74) is -0.111. The van der Waals surface area contributed by atoms with E-state index in [-0.39, 0.29) is 0 Å². The molecule has 1 amide bonds. The van der Waals surface area contributed by atoms with Crippen LogP contribution in [0.3, 0.4) is 0 Å². The van der Waals surface area contributed by atoms with Crippen LogP contribution in [0, 0.1) is 0 Å². The summed E-state index contributed by atoms with van der Waals surface area (Å²) < 4.78 is 10.7. The van der Waals surface area contributed by atoms with E-state index in [1.54, 1.807) is 25.2 Å². The van der Waals surface area contributed by atoms with E-state index >= 15 is 0 Å². The summed E-state index contributed by atoms with van der Waals surface area (Å²) in [6, 6.07) is 4.81. The van der Waals surface area contributed by atoms with Gasteiger partial charge in [-0.2, -0.15) is 0 Å². The van der Waals surface area contributed by atoms with Crippen LogP contribution in [-0.2, 0) is 4.74 Å². The first-order valence-electron chi connectivity index (χ1n) is 6.54. The second-order valence-corrected chi connectivity index (χ2v) is 5.96. The summed E-state index contributed by atoms with van der Waals surface area (Å²) in [5, 5.41) is 0.336. The lowest BCUT2D eigenvalue weighted by atomic mass is 10.2. The second-order valence-electron chi connectivity index (χ2n) is 5.55. The number of rotatable bonds is 5. The third-order valence-electron chi connectivity index (χ3n) is 2.50. The molecule has 0 aliphatic rings. The zero-order valence-electron chi connectivity index (χ0n) is 12.7. The van der Waals surface area contributed by atoms with Crippen LogP contribution in [0.4, 0.5) is 4.79 Å². The van der Waals surface area contributed by atoms with E-state index in [0.29, 0.717) is 35.8 Å². The first kappa shape index (κ1) is 17.3. The van der Waals surface area contributed by atoms with Gasteiger partial charge in [-0.05, 0) is 39.0 Å².